The van der Waals surface area contributed by atoms with Crippen LogP contribution in [0.3, 0.4) is 0 Å². The Balaban J connectivity index is 1.90. The number of rotatable bonds is 9. The van der Waals surface area contributed by atoms with E-state index in [-0.39, 0.29) is 0 Å². The number of nitrogens with one attached hydrogen (secondary N) is 1. The molecule has 1 aromatic rings. The van der Waals surface area contributed by atoms with Crippen LogP contribution >= 0.6 is 11.3 Å². The molecule has 0 unspecified atom stereocenters. The van der Waals surface area contributed by atoms with E-state index >= 15 is 0 Å². The van der Waals surface area contributed by atoms with Gasteiger partial charge in [-0.15, -0.1) is 11.3 Å². The lowest BCUT2D eigenvalue weighted by Crippen LogP contribution is -2.14. The van der Waals surface area contributed by atoms with E-state index in [4.69, 9.17) is 0 Å². The molecule has 0 saturated heterocycles. The summed E-state index contributed by atoms with van der Waals surface area (Å²) in [6.45, 7) is 8.82. The first-order valence-corrected chi connectivity index (χ1v) is 7.67. The topological polar surface area (TPSA) is 24.9 Å². The number of aromatic nitrogens is 1. The Hall–Kier alpha value is -0.410. The summed E-state index contributed by atoms with van der Waals surface area (Å²) >= 11 is 1.75. The molecule has 17 heavy (non-hydrogen) atoms. The second kappa shape index (κ2) is 8.65. The van der Waals surface area contributed by atoms with Crippen molar-refractivity contribution in [2.45, 2.75) is 59.4 Å². The molecule has 1 aromatic heterocycles. The normalized spacial score (nSPS) is 11.3. The highest BCUT2D eigenvalue weighted by Gasteiger charge is 1.99. The molecule has 0 spiro atoms. The predicted octanol–water partition coefficient (Wildman–Crippen LogP) is 4.15. The number of nitrogens with zero attached hydrogens (tertiary/aromatic N) is 1. The Morgan fingerprint density at radius 2 is 2.00 bits per heavy atom. The third-order valence-electron chi connectivity index (χ3n) is 3.02. The van der Waals surface area contributed by atoms with Gasteiger partial charge in [-0.25, -0.2) is 4.98 Å². The number of aryl methyl sites for hydroxylation is 1. The fourth-order valence-corrected chi connectivity index (χ4v) is 2.60. The molecule has 0 amide bonds. The molecular formula is C14H26N2S. The second-order valence-electron chi connectivity index (χ2n) is 5.13. The Morgan fingerprint density at radius 3 is 2.65 bits per heavy atom. The number of unbranched alkanes of at least 4 members (excludes halogenated alkanes) is 3. The lowest BCUT2D eigenvalue weighted by molar-refractivity contribution is 0.512. The van der Waals surface area contributed by atoms with Gasteiger partial charge < -0.3 is 5.32 Å². The lowest BCUT2D eigenvalue weighted by Gasteiger charge is -2.05. The number of thiazole rings is 1. The van der Waals surface area contributed by atoms with Gasteiger partial charge in [0.15, 0.2) is 0 Å². The largest absolute Gasteiger partial charge is 0.312 e. The van der Waals surface area contributed by atoms with Gasteiger partial charge in [0.2, 0.25) is 0 Å². The van der Waals surface area contributed by atoms with Crippen molar-refractivity contribution < 1.29 is 0 Å². The van der Waals surface area contributed by atoms with Crippen LogP contribution < -0.4 is 5.32 Å². The van der Waals surface area contributed by atoms with Crippen molar-refractivity contribution in [2.24, 2.45) is 5.92 Å². The first-order valence-electron chi connectivity index (χ1n) is 6.80. The second-order valence-corrected chi connectivity index (χ2v) is 6.07. The zero-order valence-electron chi connectivity index (χ0n) is 11.5. The summed E-state index contributed by atoms with van der Waals surface area (Å²) in [5.74, 6) is 0.863. The van der Waals surface area contributed by atoms with E-state index < -0.39 is 0 Å². The molecule has 0 atom stereocenters. The molecule has 98 valence electrons. The Morgan fingerprint density at radius 1 is 1.24 bits per heavy atom. The van der Waals surface area contributed by atoms with Gasteiger partial charge in [0.25, 0.3) is 0 Å². The number of hydrogen-bond acceptors (Lipinski definition) is 3. The van der Waals surface area contributed by atoms with E-state index in [1.54, 1.807) is 11.3 Å². The SMILES string of the molecule is Cc1ncsc1CNCCCCCCC(C)C. The van der Waals surface area contributed by atoms with Gasteiger partial charge in [0.1, 0.15) is 0 Å². The minimum Gasteiger partial charge on any atom is -0.312 e. The summed E-state index contributed by atoms with van der Waals surface area (Å²) in [7, 11) is 0. The average Bonchev–Trinajstić information content (AvgIpc) is 2.68. The van der Waals surface area contributed by atoms with Crippen molar-refractivity contribution in [3.8, 4) is 0 Å². The molecule has 0 aromatic carbocycles. The summed E-state index contributed by atoms with van der Waals surface area (Å²) in [6.07, 6.45) is 6.83. The van der Waals surface area contributed by atoms with E-state index in [9.17, 15) is 0 Å². The predicted molar refractivity (Wildman–Crippen MR) is 76.5 cm³/mol. The number of hydrogen-bond donors (Lipinski definition) is 1. The van der Waals surface area contributed by atoms with Crippen molar-refractivity contribution in [1.82, 2.24) is 10.3 Å². The molecule has 0 aliphatic heterocycles. The van der Waals surface area contributed by atoms with Crippen molar-refractivity contribution in [2.75, 3.05) is 6.54 Å². The molecule has 3 heteroatoms. The molecule has 0 bridgehead atoms. The quantitative estimate of drug-likeness (QED) is 0.670. The van der Waals surface area contributed by atoms with Crippen LogP contribution in [0, 0.1) is 12.8 Å². The molecule has 0 radical (unpaired) electrons. The van der Waals surface area contributed by atoms with E-state index in [0.29, 0.717) is 0 Å². The molecule has 0 aliphatic carbocycles. The molecular weight excluding hydrogens is 228 g/mol. The van der Waals surface area contributed by atoms with Gasteiger partial charge in [-0.1, -0.05) is 39.5 Å². The molecule has 1 heterocycles. The van der Waals surface area contributed by atoms with Gasteiger partial charge in [0, 0.05) is 11.4 Å². The first kappa shape index (κ1) is 14.7. The van der Waals surface area contributed by atoms with Crippen LogP contribution in [0.1, 0.15) is 56.5 Å². The van der Waals surface area contributed by atoms with Gasteiger partial charge in [-0.05, 0) is 25.8 Å². The summed E-state index contributed by atoms with van der Waals surface area (Å²) in [5, 5.41) is 3.50. The molecule has 0 aliphatic rings. The van der Waals surface area contributed by atoms with Crippen LogP contribution in [0.4, 0.5) is 0 Å². The van der Waals surface area contributed by atoms with E-state index in [1.807, 2.05) is 5.51 Å². The van der Waals surface area contributed by atoms with Crippen LogP contribution in [0.2, 0.25) is 0 Å². The first-order chi connectivity index (χ1) is 8.20. The van der Waals surface area contributed by atoms with Crippen molar-refractivity contribution in [1.29, 1.82) is 0 Å². The molecule has 1 rings (SSSR count). The van der Waals surface area contributed by atoms with Crippen LogP contribution in [-0.2, 0) is 6.54 Å². The highest BCUT2D eigenvalue weighted by molar-refractivity contribution is 7.09. The standard InChI is InChI=1S/C14H26N2S/c1-12(2)8-6-4-5-7-9-15-10-14-13(3)16-11-17-14/h11-12,15H,4-10H2,1-3H3. The zero-order valence-corrected chi connectivity index (χ0v) is 12.3. The lowest BCUT2D eigenvalue weighted by atomic mass is 10.0. The van der Waals surface area contributed by atoms with Crippen LogP contribution in [-0.4, -0.2) is 11.5 Å². The summed E-state index contributed by atoms with van der Waals surface area (Å²) in [4.78, 5) is 5.63. The third-order valence-corrected chi connectivity index (χ3v) is 3.95. The summed E-state index contributed by atoms with van der Waals surface area (Å²) < 4.78 is 0. The molecule has 2 nitrogen and oxygen atoms in total. The maximum Gasteiger partial charge on any atom is 0.0798 e. The van der Waals surface area contributed by atoms with Gasteiger partial charge in [0.05, 0.1) is 11.2 Å². The Bertz CT molecular complexity index is 294. The van der Waals surface area contributed by atoms with E-state index in [0.717, 1.165) is 19.0 Å². The fraction of sp³-hybridized carbons (Fsp3) is 0.786. The minimum absolute atomic E-state index is 0.863. The van der Waals surface area contributed by atoms with Crippen LogP contribution in [0.25, 0.3) is 0 Å². The molecule has 0 saturated carbocycles. The average molecular weight is 254 g/mol. The molecule has 0 fully saturated rings. The van der Waals surface area contributed by atoms with Gasteiger partial charge >= 0.3 is 0 Å². The van der Waals surface area contributed by atoms with Crippen LogP contribution in [0.5, 0.6) is 0 Å². The van der Waals surface area contributed by atoms with Crippen molar-refractivity contribution in [3.05, 3.63) is 16.1 Å². The minimum atomic E-state index is 0.863. The summed E-state index contributed by atoms with van der Waals surface area (Å²) in [5.41, 5.74) is 3.11. The smallest absolute Gasteiger partial charge is 0.0798 e. The maximum atomic E-state index is 4.25. The highest BCUT2D eigenvalue weighted by Crippen LogP contribution is 2.11. The Kier molecular flexibility index (Phi) is 7.45. The highest BCUT2D eigenvalue weighted by atomic mass is 32.1. The Labute approximate surface area is 110 Å². The summed E-state index contributed by atoms with van der Waals surface area (Å²) in [6, 6.07) is 0. The fourth-order valence-electron chi connectivity index (χ4n) is 1.85. The van der Waals surface area contributed by atoms with Gasteiger partial charge in [-0.2, -0.15) is 0 Å². The maximum absolute atomic E-state index is 4.25. The van der Waals surface area contributed by atoms with E-state index in [2.05, 4.69) is 31.1 Å². The zero-order chi connectivity index (χ0) is 12.5. The van der Waals surface area contributed by atoms with Gasteiger partial charge in [-0.3, -0.25) is 0 Å². The van der Waals surface area contributed by atoms with Crippen molar-refractivity contribution >= 4 is 11.3 Å². The molecule has 1 N–H and O–H groups in total. The van der Waals surface area contributed by atoms with Crippen LogP contribution in [0.15, 0.2) is 5.51 Å². The third kappa shape index (κ3) is 6.79. The van der Waals surface area contributed by atoms with Crippen molar-refractivity contribution in [3.63, 3.8) is 0 Å². The van der Waals surface area contributed by atoms with E-state index in [1.165, 1.54) is 42.7 Å². The monoisotopic (exact) mass is 254 g/mol.